The maximum atomic E-state index is 12.4. The zero-order chi connectivity index (χ0) is 14.9. The number of thiazole rings is 1. The summed E-state index contributed by atoms with van der Waals surface area (Å²) in [4.78, 5) is 22.6. The van der Waals surface area contributed by atoms with Crippen molar-refractivity contribution in [1.29, 1.82) is 0 Å². The Morgan fingerprint density at radius 2 is 2.14 bits per heavy atom. The lowest BCUT2D eigenvalue weighted by Gasteiger charge is -2.38. The van der Waals surface area contributed by atoms with Crippen molar-refractivity contribution in [3.8, 4) is 5.88 Å². The molecule has 1 amide bonds. The van der Waals surface area contributed by atoms with Gasteiger partial charge in [0.15, 0.2) is 0 Å². The van der Waals surface area contributed by atoms with E-state index in [2.05, 4.69) is 9.97 Å². The van der Waals surface area contributed by atoms with Crippen LogP contribution >= 0.6 is 11.3 Å². The number of likely N-dealkylation sites (tertiary alicyclic amines) is 1. The van der Waals surface area contributed by atoms with E-state index in [1.54, 1.807) is 27.9 Å². The first-order chi connectivity index (χ1) is 10.8. The number of carbonyl (C=O) groups excluding carboxylic acids is 1. The van der Waals surface area contributed by atoms with E-state index >= 15 is 0 Å². The molecule has 0 radical (unpaired) electrons. The van der Waals surface area contributed by atoms with Crippen molar-refractivity contribution < 1.29 is 9.53 Å². The minimum Gasteiger partial charge on any atom is -0.471 e. The molecule has 0 saturated carbocycles. The summed E-state index contributed by atoms with van der Waals surface area (Å²) in [5.74, 6) is 0.641. The van der Waals surface area contributed by atoms with Gasteiger partial charge in [-0.3, -0.25) is 4.79 Å². The van der Waals surface area contributed by atoms with Gasteiger partial charge in [-0.1, -0.05) is 6.07 Å². The minimum absolute atomic E-state index is 0.0194. The number of fused-ring (bicyclic) bond motifs is 1. The topological polar surface area (TPSA) is 55.3 Å². The van der Waals surface area contributed by atoms with Crippen LogP contribution in [-0.2, 0) is 0 Å². The van der Waals surface area contributed by atoms with Gasteiger partial charge in [0.25, 0.3) is 5.91 Å². The first-order valence-corrected chi connectivity index (χ1v) is 7.88. The van der Waals surface area contributed by atoms with Gasteiger partial charge in [-0.2, -0.15) is 0 Å². The van der Waals surface area contributed by atoms with Gasteiger partial charge in [0.2, 0.25) is 5.88 Å². The van der Waals surface area contributed by atoms with Gasteiger partial charge in [-0.05, 0) is 24.3 Å². The lowest BCUT2D eigenvalue weighted by Crippen LogP contribution is -2.56. The summed E-state index contributed by atoms with van der Waals surface area (Å²) >= 11 is 1.54. The zero-order valence-electron chi connectivity index (χ0n) is 11.7. The van der Waals surface area contributed by atoms with Crippen LogP contribution in [0.5, 0.6) is 5.88 Å². The summed E-state index contributed by atoms with van der Waals surface area (Å²) in [5.41, 5.74) is 3.42. The Bertz CT molecular complexity index is 812. The summed E-state index contributed by atoms with van der Waals surface area (Å²) in [6.07, 6.45) is 1.72. The Labute approximate surface area is 131 Å². The van der Waals surface area contributed by atoms with E-state index < -0.39 is 0 Å². The number of hydrogen-bond acceptors (Lipinski definition) is 5. The third-order valence-electron chi connectivity index (χ3n) is 3.64. The first kappa shape index (κ1) is 13.2. The average molecular weight is 311 g/mol. The van der Waals surface area contributed by atoms with Gasteiger partial charge < -0.3 is 9.64 Å². The van der Waals surface area contributed by atoms with Crippen molar-refractivity contribution >= 4 is 27.5 Å². The standard InChI is InChI=1S/C16H13N3O2S/c20-16(11-4-5-13-14(7-11)22-10-18-13)19-8-12(9-19)21-15-3-1-2-6-17-15/h1-7,10,12H,8-9H2. The predicted molar refractivity (Wildman–Crippen MR) is 84.2 cm³/mol. The second kappa shape index (κ2) is 5.38. The fraction of sp³-hybridized carbons (Fsp3) is 0.188. The van der Waals surface area contributed by atoms with Crippen molar-refractivity contribution in [3.05, 3.63) is 53.7 Å². The van der Waals surface area contributed by atoms with E-state index in [4.69, 9.17) is 4.74 Å². The highest BCUT2D eigenvalue weighted by atomic mass is 32.1. The molecule has 0 unspecified atom stereocenters. The van der Waals surface area contributed by atoms with E-state index in [1.165, 1.54) is 0 Å². The number of nitrogens with zero attached hydrogens (tertiary/aromatic N) is 3. The van der Waals surface area contributed by atoms with Crippen LogP contribution in [0, 0.1) is 0 Å². The Morgan fingerprint density at radius 3 is 2.95 bits per heavy atom. The molecule has 0 aliphatic carbocycles. The van der Waals surface area contributed by atoms with Crippen molar-refractivity contribution in [2.24, 2.45) is 0 Å². The molecule has 6 heteroatoms. The molecule has 1 aliphatic heterocycles. The van der Waals surface area contributed by atoms with E-state index in [1.807, 2.05) is 36.4 Å². The fourth-order valence-electron chi connectivity index (χ4n) is 2.44. The van der Waals surface area contributed by atoms with Crippen LogP contribution in [0.15, 0.2) is 48.1 Å². The quantitative estimate of drug-likeness (QED) is 0.746. The summed E-state index contributed by atoms with van der Waals surface area (Å²) in [6, 6.07) is 11.2. The molecule has 3 heterocycles. The molecule has 110 valence electrons. The van der Waals surface area contributed by atoms with Crippen LogP contribution in [0.1, 0.15) is 10.4 Å². The van der Waals surface area contributed by atoms with Crippen LogP contribution in [0.3, 0.4) is 0 Å². The molecule has 2 aromatic heterocycles. The van der Waals surface area contributed by atoms with Crippen LogP contribution in [0.4, 0.5) is 0 Å². The largest absolute Gasteiger partial charge is 0.471 e. The second-order valence-corrected chi connectivity index (χ2v) is 6.04. The number of amides is 1. The maximum absolute atomic E-state index is 12.4. The van der Waals surface area contributed by atoms with Gasteiger partial charge in [0, 0.05) is 17.8 Å². The third-order valence-corrected chi connectivity index (χ3v) is 4.43. The SMILES string of the molecule is O=C(c1ccc2ncsc2c1)N1CC(Oc2ccccn2)C1. The number of benzene rings is 1. The predicted octanol–water partition coefficient (Wildman–Crippen LogP) is 2.59. The molecular formula is C16H13N3O2S. The molecule has 4 rings (SSSR count). The Kier molecular flexibility index (Phi) is 3.23. The molecule has 1 aliphatic rings. The number of pyridine rings is 1. The first-order valence-electron chi connectivity index (χ1n) is 7.00. The van der Waals surface area contributed by atoms with Crippen LogP contribution < -0.4 is 4.74 Å². The molecule has 1 saturated heterocycles. The summed E-state index contributed by atoms with van der Waals surface area (Å²) in [5, 5.41) is 0. The van der Waals surface area contributed by atoms with Gasteiger partial charge in [-0.15, -0.1) is 11.3 Å². The van der Waals surface area contributed by atoms with Crippen molar-refractivity contribution in [2.75, 3.05) is 13.1 Å². The van der Waals surface area contributed by atoms with Gasteiger partial charge >= 0.3 is 0 Å². The third kappa shape index (κ3) is 2.42. The minimum atomic E-state index is 0.0194. The Hall–Kier alpha value is -2.47. The highest BCUT2D eigenvalue weighted by molar-refractivity contribution is 7.16. The number of hydrogen-bond donors (Lipinski definition) is 0. The number of carbonyl (C=O) groups is 1. The van der Waals surface area contributed by atoms with Crippen molar-refractivity contribution in [2.45, 2.75) is 6.10 Å². The highest BCUT2D eigenvalue weighted by Gasteiger charge is 2.33. The lowest BCUT2D eigenvalue weighted by atomic mass is 10.1. The smallest absolute Gasteiger partial charge is 0.254 e. The molecular weight excluding hydrogens is 298 g/mol. The monoisotopic (exact) mass is 311 g/mol. The number of aromatic nitrogens is 2. The van der Waals surface area contributed by atoms with Gasteiger partial charge in [0.1, 0.15) is 6.10 Å². The maximum Gasteiger partial charge on any atom is 0.254 e. The molecule has 0 bridgehead atoms. The normalized spacial score (nSPS) is 14.8. The highest BCUT2D eigenvalue weighted by Crippen LogP contribution is 2.22. The van der Waals surface area contributed by atoms with E-state index in [-0.39, 0.29) is 12.0 Å². The fourth-order valence-corrected chi connectivity index (χ4v) is 3.15. The van der Waals surface area contributed by atoms with Crippen LogP contribution in [0.25, 0.3) is 10.2 Å². The summed E-state index contributed by atoms with van der Waals surface area (Å²) < 4.78 is 6.75. The summed E-state index contributed by atoms with van der Waals surface area (Å²) in [6.45, 7) is 1.19. The molecule has 1 fully saturated rings. The molecule has 0 spiro atoms. The van der Waals surface area contributed by atoms with Crippen LogP contribution in [-0.4, -0.2) is 40.0 Å². The van der Waals surface area contributed by atoms with Crippen molar-refractivity contribution in [3.63, 3.8) is 0 Å². The molecule has 1 aromatic carbocycles. The lowest BCUT2D eigenvalue weighted by molar-refractivity contribution is 0.0160. The molecule has 22 heavy (non-hydrogen) atoms. The van der Waals surface area contributed by atoms with E-state index in [0.29, 0.717) is 24.5 Å². The van der Waals surface area contributed by atoms with Crippen LogP contribution in [0.2, 0.25) is 0 Å². The Morgan fingerprint density at radius 1 is 1.23 bits per heavy atom. The summed E-state index contributed by atoms with van der Waals surface area (Å²) in [7, 11) is 0. The molecule has 0 atom stereocenters. The molecule has 5 nitrogen and oxygen atoms in total. The number of rotatable bonds is 3. The second-order valence-electron chi connectivity index (χ2n) is 5.15. The average Bonchev–Trinajstić information content (AvgIpc) is 2.98. The molecule has 0 N–H and O–H groups in total. The van der Waals surface area contributed by atoms with E-state index in [9.17, 15) is 4.79 Å². The van der Waals surface area contributed by atoms with E-state index in [0.717, 1.165) is 10.2 Å². The number of ether oxygens (including phenoxy) is 1. The Balaban J connectivity index is 1.40. The van der Waals surface area contributed by atoms with Gasteiger partial charge in [-0.25, -0.2) is 9.97 Å². The molecule has 3 aromatic rings. The van der Waals surface area contributed by atoms with Crippen molar-refractivity contribution in [1.82, 2.24) is 14.9 Å². The van der Waals surface area contributed by atoms with Gasteiger partial charge in [0.05, 0.1) is 28.8 Å². The zero-order valence-corrected chi connectivity index (χ0v) is 12.5.